The van der Waals surface area contributed by atoms with Crippen molar-refractivity contribution in [3.63, 3.8) is 0 Å². The fourth-order valence-corrected chi connectivity index (χ4v) is 11.0. The van der Waals surface area contributed by atoms with Gasteiger partial charge in [-0.2, -0.15) is 0 Å². The quantitative estimate of drug-likeness (QED) is 0.312. The summed E-state index contributed by atoms with van der Waals surface area (Å²) in [7, 11) is 0. The van der Waals surface area contributed by atoms with Crippen molar-refractivity contribution in [2.45, 2.75) is 105 Å². The molecule has 39 heavy (non-hydrogen) atoms. The molecular formula is C37H50N2. The summed E-state index contributed by atoms with van der Waals surface area (Å²) in [4.78, 5) is 10.1. The van der Waals surface area contributed by atoms with E-state index in [9.17, 15) is 0 Å². The van der Waals surface area contributed by atoms with Crippen molar-refractivity contribution < 1.29 is 0 Å². The Morgan fingerprint density at radius 1 is 0.872 bits per heavy atom. The number of benzene rings is 1. The molecule has 2 heterocycles. The third kappa shape index (κ3) is 4.09. The predicted molar refractivity (Wildman–Crippen MR) is 164 cm³/mol. The van der Waals surface area contributed by atoms with Gasteiger partial charge in [-0.1, -0.05) is 72.1 Å². The number of aromatic nitrogens is 2. The van der Waals surface area contributed by atoms with Crippen molar-refractivity contribution in [3.8, 4) is 0 Å². The van der Waals surface area contributed by atoms with Crippen molar-refractivity contribution in [2.24, 2.45) is 52.3 Å². The fraction of sp³-hybridized carbons (Fsp3) is 0.676. The molecular weight excluding hydrogens is 472 g/mol. The average Bonchev–Trinajstić information content (AvgIpc) is 3.27. The molecule has 7 rings (SSSR count). The van der Waals surface area contributed by atoms with Gasteiger partial charge in [0.15, 0.2) is 0 Å². The van der Waals surface area contributed by atoms with E-state index in [2.05, 4.69) is 58.9 Å². The molecule has 0 spiro atoms. The number of rotatable bonds is 5. The van der Waals surface area contributed by atoms with Crippen LogP contribution in [0.15, 0.2) is 36.5 Å². The van der Waals surface area contributed by atoms with Gasteiger partial charge in [0.2, 0.25) is 0 Å². The van der Waals surface area contributed by atoms with Crippen molar-refractivity contribution in [1.82, 2.24) is 9.97 Å². The van der Waals surface area contributed by atoms with Crippen LogP contribution in [0.1, 0.15) is 104 Å². The molecule has 4 aliphatic carbocycles. The zero-order valence-corrected chi connectivity index (χ0v) is 25.2. The van der Waals surface area contributed by atoms with Gasteiger partial charge in [0.05, 0.1) is 11.0 Å². The number of fused-ring (bicyclic) bond motifs is 9. The minimum Gasteiger partial charge on any atom is -0.254 e. The Morgan fingerprint density at radius 3 is 2.54 bits per heavy atom. The molecule has 4 aliphatic rings. The van der Waals surface area contributed by atoms with Gasteiger partial charge in [-0.05, 0) is 121 Å². The molecule has 3 aromatic rings. The lowest BCUT2D eigenvalue weighted by Crippen LogP contribution is -2.54. The Balaban J connectivity index is 1.15. The first-order chi connectivity index (χ1) is 18.8. The summed E-state index contributed by atoms with van der Waals surface area (Å²) in [6, 6.07) is 11.2. The number of pyridine rings is 2. The Bertz CT molecular complexity index is 1370. The largest absolute Gasteiger partial charge is 0.254 e. The van der Waals surface area contributed by atoms with Crippen molar-refractivity contribution >= 4 is 21.8 Å². The van der Waals surface area contributed by atoms with Crippen LogP contribution in [0, 0.1) is 52.3 Å². The SMILES string of the molecule is CC(C)CCC[C@@H](C)[C@H]1CC[C@H]2[C@@H]3CC[C@@H]4Cc5nc6c(ccc7cccnc76)cc5C[C@]4(C)[C@H]3CC[C@]12C. The van der Waals surface area contributed by atoms with E-state index in [0.29, 0.717) is 10.8 Å². The Kier molecular flexibility index (Phi) is 6.37. The topological polar surface area (TPSA) is 25.8 Å². The van der Waals surface area contributed by atoms with Gasteiger partial charge in [0.25, 0.3) is 0 Å². The van der Waals surface area contributed by atoms with Crippen LogP contribution in [0.25, 0.3) is 21.8 Å². The molecule has 0 amide bonds. The molecule has 3 fully saturated rings. The highest BCUT2D eigenvalue weighted by Gasteiger charge is 2.60. The maximum atomic E-state index is 5.34. The summed E-state index contributed by atoms with van der Waals surface area (Å²) in [6.07, 6.45) is 17.4. The van der Waals surface area contributed by atoms with E-state index in [1.807, 2.05) is 12.3 Å². The van der Waals surface area contributed by atoms with Crippen LogP contribution in [0.4, 0.5) is 0 Å². The Morgan fingerprint density at radius 2 is 1.69 bits per heavy atom. The molecule has 2 heteroatoms. The van der Waals surface area contributed by atoms with Crippen LogP contribution in [0.3, 0.4) is 0 Å². The van der Waals surface area contributed by atoms with Crippen molar-refractivity contribution in [3.05, 3.63) is 47.8 Å². The molecule has 2 aromatic heterocycles. The first kappa shape index (κ1) is 26.0. The van der Waals surface area contributed by atoms with Crippen LogP contribution >= 0.6 is 0 Å². The highest BCUT2D eigenvalue weighted by molar-refractivity contribution is 6.02. The molecule has 208 valence electrons. The molecule has 0 radical (unpaired) electrons. The van der Waals surface area contributed by atoms with E-state index in [0.717, 1.165) is 52.5 Å². The minimum atomic E-state index is 0.433. The number of hydrogen-bond acceptors (Lipinski definition) is 2. The first-order valence-corrected chi connectivity index (χ1v) is 16.4. The van der Waals surface area contributed by atoms with Gasteiger partial charge < -0.3 is 0 Å². The van der Waals surface area contributed by atoms with Gasteiger partial charge in [-0.3, -0.25) is 9.97 Å². The van der Waals surface area contributed by atoms with E-state index < -0.39 is 0 Å². The lowest BCUT2D eigenvalue weighted by atomic mass is 9.44. The maximum absolute atomic E-state index is 5.34. The number of hydrogen-bond donors (Lipinski definition) is 0. The monoisotopic (exact) mass is 522 g/mol. The van der Waals surface area contributed by atoms with E-state index >= 15 is 0 Å². The lowest BCUT2D eigenvalue weighted by Gasteiger charge is -2.60. The Hall–Kier alpha value is -1.96. The molecule has 0 bridgehead atoms. The van der Waals surface area contributed by atoms with E-state index in [1.165, 1.54) is 92.7 Å². The van der Waals surface area contributed by atoms with Gasteiger partial charge in [-0.25, -0.2) is 0 Å². The second kappa shape index (κ2) is 9.56. The maximum Gasteiger partial charge on any atom is 0.0968 e. The molecule has 8 atom stereocenters. The normalized spacial score (nSPS) is 36.4. The van der Waals surface area contributed by atoms with Crippen LogP contribution in [0.2, 0.25) is 0 Å². The predicted octanol–water partition coefficient (Wildman–Crippen LogP) is 9.82. The van der Waals surface area contributed by atoms with E-state index in [1.54, 1.807) is 0 Å². The first-order valence-electron chi connectivity index (χ1n) is 16.4. The lowest BCUT2D eigenvalue weighted by molar-refractivity contribution is -0.103. The summed E-state index contributed by atoms with van der Waals surface area (Å²) in [5, 5.41) is 2.48. The smallest absolute Gasteiger partial charge is 0.0968 e. The molecule has 2 nitrogen and oxygen atoms in total. The molecule has 3 saturated carbocycles. The summed E-state index contributed by atoms with van der Waals surface area (Å²) in [6.45, 7) is 12.8. The van der Waals surface area contributed by atoms with Crippen LogP contribution in [-0.2, 0) is 12.8 Å². The van der Waals surface area contributed by atoms with Crippen LogP contribution < -0.4 is 0 Å². The molecule has 0 N–H and O–H groups in total. The Labute approximate surface area is 236 Å². The van der Waals surface area contributed by atoms with Crippen LogP contribution in [0.5, 0.6) is 0 Å². The van der Waals surface area contributed by atoms with E-state index in [4.69, 9.17) is 9.97 Å². The van der Waals surface area contributed by atoms with Gasteiger partial charge in [0.1, 0.15) is 0 Å². The zero-order valence-electron chi connectivity index (χ0n) is 25.2. The van der Waals surface area contributed by atoms with Crippen molar-refractivity contribution in [2.75, 3.05) is 0 Å². The van der Waals surface area contributed by atoms with E-state index in [-0.39, 0.29) is 0 Å². The third-order valence-electron chi connectivity index (χ3n) is 13.0. The second-order valence-corrected chi connectivity index (χ2v) is 15.4. The highest BCUT2D eigenvalue weighted by atomic mass is 14.8. The summed E-state index contributed by atoms with van der Waals surface area (Å²) in [5.41, 5.74) is 6.10. The summed E-state index contributed by atoms with van der Waals surface area (Å²) >= 11 is 0. The number of nitrogens with zero attached hydrogens (tertiary/aromatic N) is 2. The van der Waals surface area contributed by atoms with Gasteiger partial charge in [-0.15, -0.1) is 0 Å². The van der Waals surface area contributed by atoms with Gasteiger partial charge in [0, 0.05) is 22.7 Å². The van der Waals surface area contributed by atoms with Gasteiger partial charge >= 0.3 is 0 Å². The molecule has 0 unspecified atom stereocenters. The summed E-state index contributed by atoms with van der Waals surface area (Å²) in [5.74, 6) is 6.28. The standard InChI is InChI=1S/C37H50N2/c1-23(2)8-6-9-24(3)30-15-16-31-29-14-13-28-21-33-27(22-37(28,5)32(29)17-18-36(30,31)4)20-26-12-11-25-10-7-19-38-34(25)35(26)39-33/h7,10-12,19-20,23-24,28-32H,6,8-9,13-18,21-22H2,1-5H3/t24-,28-,29+,30-,31+,32+,36-,37+/m1/s1. The summed E-state index contributed by atoms with van der Waals surface area (Å²) < 4.78 is 0. The average molecular weight is 523 g/mol. The third-order valence-corrected chi connectivity index (χ3v) is 13.0. The zero-order chi connectivity index (χ0) is 26.9. The van der Waals surface area contributed by atoms with Crippen LogP contribution in [-0.4, -0.2) is 9.97 Å². The second-order valence-electron chi connectivity index (χ2n) is 15.4. The molecule has 0 aliphatic heterocycles. The highest BCUT2D eigenvalue weighted by Crippen LogP contribution is 2.68. The molecule has 1 aromatic carbocycles. The fourth-order valence-electron chi connectivity index (χ4n) is 11.0. The van der Waals surface area contributed by atoms with Crippen molar-refractivity contribution in [1.29, 1.82) is 0 Å². The molecule has 0 saturated heterocycles. The minimum absolute atomic E-state index is 0.433.